The molecule has 0 fully saturated rings. The number of hydrogen-bond donors (Lipinski definition) is 2. The van der Waals surface area contributed by atoms with E-state index >= 15 is 0 Å². The number of nitrogens with one attached hydrogen (secondary N) is 1. The second kappa shape index (κ2) is 13.7. The predicted molar refractivity (Wildman–Crippen MR) is 130 cm³/mol. The van der Waals surface area contributed by atoms with Gasteiger partial charge in [-0.25, -0.2) is 4.79 Å². The molecule has 0 radical (unpaired) electrons. The van der Waals surface area contributed by atoms with Gasteiger partial charge < -0.3 is 15.3 Å². The van der Waals surface area contributed by atoms with Crippen molar-refractivity contribution < 1.29 is 19.5 Å². The topological polar surface area (TPSA) is 86.7 Å². The summed E-state index contributed by atoms with van der Waals surface area (Å²) in [5.41, 5.74) is 0.874. The van der Waals surface area contributed by atoms with Crippen molar-refractivity contribution >= 4 is 17.8 Å². The average molecular weight is 447 g/mol. The number of carbonyl (C=O) groups is 3. The molecule has 2 N–H and O–H groups in total. The van der Waals surface area contributed by atoms with Gasteiger partial charge in [-0.05, 0) is 31.7 Å². The number of carboxylic acid groups (broad SMARTS) is 1. The highest BCUT2D eigenvalue weighted by atomic mass is 16.4. The number of benzene rings is 1. The van der Waals surface area contributed by atoms with Crippen molar-refractivity contribution in [2.24, 2.45) is 11.8 Å². The summed E-state index contributed by atoms with van der Waals surface area (Å²) in [6, 6.07) is 9.48. The number of aliphatic carboxylic acids is 1. The van der Waals surface area contributed by atoms with Gasteiger partial charge in [0.1, 0.15) is 0 Å². The highest BCUT2D eigenvalue weighted by Gasteiger charge is 2.35. The van der Waals surface area contributed by atoms with Crippen LogP contribution in [0.25, 0.3) is 0 Å². The fourth-order valence-corrected chi connectivity index (χ4v) is 3.27. The molecule has 6 nitrogen and oxygen atoms in total. The SMILES string of the molecule is CC(C)C.CC[C@H](C(=O)NCC(=O)N(C)[C@@H](C)/C=C(\C)C(=O)O)C(C)(C)c1ccccc1. The van der Waals surface area contributed by atoms with E-state index in [-0.39, 0.29) is 41.3 Å². The minimum absolute atomic E-state index is 0.124. The molecule has 0 aromatic heterocycles. The Morgan fingerprint density at radius 1 is 1.09 bits per heavy atom. The zero-order valence-corrected chi connectivity index (χ0v) is 21.2. The lowest BCUT2D eigenvalue weighted by Crippen LogP contribution is -2.46. The number of likely N-dealkylation sites (N-methyl/N-ethyl adjacent to an activating group) is 1. The third-order valence-corrected chi connectivity index (χ3v) is 5.36. The number of hydrogen-bond acceptors (Lipinski definition) is 3. The van der Waals surface area contributed by atoms with E-state index in [2.05, 4.69) is 26.1 Å². The van der Waals surface area contributed by atoms with Crippen LogP contribution < -0.4 is 5.32 Å². The molecule has 180 valence electrons. The van der Waals surface area contributed by atoms with E-state index in [0.29, 0.717) is 6.42 Å². The average Bonchev–Trinajstić information content (AvgIpc) is 2.71. The molecule has 1 aromatic rings. The Balaban J connectivity index is 0.00000220. The molecule has 0 aliphatic heterocycles. The van der Waals surface area contributed by atoms with Gasteiger partial charge in [0.2, 0.25) is 11.8 Å². The molecule has 0 bridgehead atoms. The third kappa shape index (κ3) is 9.67. The first kappa shape index (κ1) is 29.4. The van der Waals surface area contributed by atoms with Gasteiger partial charge in [0.05, 0.1) is 6.54 Å². The van der Waals surface area contributed by atoms with Gasteiger partial charge in [0, 0.05) is 30.0 Å². The van der Waals surface area contributed by atoms with Crippen LogP contribution in [0, 0.1) is 11.8 Å². The molecule has 6 heteroatoms. The summed E-state index contributed by atoms with van der Waals surface area (Å²) in [7, 11) is 1.59. The quantitative estimate of drug-likeness (QED) is 0.541. The van der Waals surface area contributed by atoms with Crippen LogP contribution in [0.5, 0.6) is 0 Å². The first-order valence-electron chi connectivity index (χ1n) is 11.3. The summed E-state index contributed by atoms with van der Waals surface area (Å²) in [5.74, 6) is -0.903. The summed E-state index contributed by atoms with van der Waals surface area (Å²) in [5, 5.41) is 11.7. The van der Waals surface area contributed by atoms with Crippen LogP contribution in [-0.4, -0.2) is 47.4 Å². The molecule has 1 aromatic carbocycles. The van der Waals surface area contributed by atoms with E-state index in [1.54, 1.807) is 14.0 Å². The standard InChI is InChI=1S/C22H32N2O4.C4H10/c1-7-18(22(4,5)17-11-9-8-10-12-17)20(26)23-14-19(25)24(6)16(3)13-15(2)21(27)28;1-4(2)3/h8-13,16,18H,7,14H2,1-6H3,(H,23,26)(H,27,28);4H,1-3H3/b15-13+;/t16-,18+;/m0./s1. The number of carbonyl (C=O) groups excluding carboxylic acids is 2. The zero-order valence-electron chi connectivity index (χ0n) is 21.2. The third-order valence-electron chi connectivity index (χ3n) is 5.36. The lowest BCUT2D eigenvalue weighted by molar-refractivity contribution is -0.134. The molecule has 2 amide bonds. The largest absolute Gasteiger partial charge is 0.478 e. The van der Waals surface area contributed by atoms with Crippen molar-refractivity contribution in [3.63, 3.8) is 0 Å². The molecule has 0 aliphatic carbocycles. The minimum Gasteiger partial charge on any atom is -0.478 e. The monoisotopic (exact) mass is 446 g/mol. The van der Waals surface area contributed by atoms with Gasteiger partial charge in [-0.2, -0.15) is 0 Å². The van der Waals surface area contributed by atoms with Crippen LogP contribution >= 0.6 is 0 Å². The molecule has 0 saturated carbocycles. The highest BCUT2D eigenvalue weighted by molar-refractivity contribution is 5.87. The normalized spacial score (nSPS) is 13.5. The predicted octanol–water partition coefficient (Wildman–Crippen LogP) is 4.65. The summed E-state index contributed by atoms with van der Waals surface area (Å²) < 4.78 is 0. The number of carboxylic acids is 1. The summed E-state index contributed by atoms with van der Waals surface area (Å²) >= 11 is 0. The minimum atomic E-state index is -1.02. The maximum Gasteiger partial charge on any atom is 0.331 e. The molecule has 0 heterocycles. The number of nitrogens with zero attached hydrogens (tertiary/aromatic N) is 1. The van der Waals surface area contributed by atoms with Gasteiger partial charge in [-0.15, -0.1) is 0 Å². The van der Waals surface area contributed by atoms with Gasteiger partial charge in [0.25, 0.3) is 0 Å². The summed E-state index contributed by atoms with van der Waals surface area (Å²) in [4.78, 5) is 37.6. The Bertz CT molecular complexity index is 767. The lowest BCUT2D eigenvalue weighted by atomic mass is 9.71. The van der Waals surface area contributed by atoms with Gasteiger partial charge in [0.15, 0.2) is 0 Å². The van der Waals surface area contributed by atoms with Crippen LogP contribution in [0.3, 0.4) is 0 Å². The first-order valence-corrected chi connectivity index (χ1v) is 11.3. The van der Waals surface area contributed by atoms with E-state index in [1.165, 1.54) is 17.9 Å². The maximum atomic E-state index is 12.8. The van der Waals surface area contributed by atoms with E-state index < -0.39 is 5.97 Å². The molecule has 32 heavy (non-hydrogen) atoms. The van der Waals surface area contributed by atoms with E-state index in [0.717, 1.165) is 11.5 Å². The Hall–Kier alpha value is -2.63. The fraction of sp³-hybridized carbons (Fsp3) is 0.577. The first-order chi connectivity index (χ1) is 14.7. The van der Waals surface area contributed by atoms with Crippen molar-refractivity contribution in [3.8, 4) is 0 Å². The molecule has 2 atom stereocenters. The second-order valence-corrected chi connectivity index (χ2v) is 9.40. The van der Waals surface area contributed by atoms with Crippen LogP contribution in [-0.2, 0) is 19.8 Å². The Morgan fingerprint density at radius 3 is 2.03 bits per heavy atom. The van der Waals surface area contributed by atoms with Crippen LogP contribution in [0.15, 0.2) is 42.0 Å². The molecule has 1 rings (SSSR count). The molecule has 0 unspecified atom stereocenters. The Morgan fingerprint density at radius 2 is 1.59 bits per heavy atom. The van der Waals surface area contributed by atoms with E-state index in [1.807, 2.05) is 51.1 Å². The van der Waals surface area contributed by atoms with Crippen molar-refractivity contribution in [3.05, 3.63) is 47.5 Å². The molecule has 0 aliphatic rings. The maximum absolute atomic E-state index is 12.8. The number of rotatable bonds is 9. The fourth-order valence-electron chi connectivity index (χ4n) is 3.27. The van der Waals surface area contributed by atoms with Crippen molar-refractivity contribution in [2.45, 2.75) is 73.3 Å². The molecule has 0 saturated heterocycles. The van der Waals surface area contributed by atoms with Crippen molar-refractivity contribution in [2.75, 3.05) is 13.6 Å². The molecular formula is C26H42N2O4. The van der Waals surface area contributed by atoms with Crippen LogP contribution in [0.1, 0.15) is 67.4 Å². The zero-order chi connectivity index (χ0) is 25.1. The second-order valence-electron chi connectivity index (χ2n) is 9.40. The van der Waals surface area contributed by atoms with Gasteiger partial charge >= 0.3 is 5.97 Å². The molecular weight excluding hydrogens is 404 g/mol. The van der Waals surface area contributed by atoms with Crippen LogP contribution in [0.2, 0.25) is 0 Å². The van der Waals surface area contributed by atoms with Crippen molar-refractivity contribution in [1.29, 1.82) is 0 Å². The molecule has 0 spiro atoms. The smallest absolute Gasteiger partial charge is 0.331 e. The highest BCUT2D eigenvalue weighted by Crippen LogP contribution is 2.33. The Labute approximate surface area is 194 Å². The van der Waals surface area contributed by atoms with E-state index in [9.17, 15) is 14.4 Å². The van der Waals surface area contributed by atoms with Gasteiger partial charge in [-0.1, -0.05) is 78.0 Å². The summed E-state index contributed by atoms with van der Waals surface area (Å²) in [6.07, 6.45) is 2.16. The van der Waals surface area contributed by atoms with Crippen LogP contribution in [0.4, 0.5) is 0 Å². The lowest BCUT2D eigenvalue weighted by Gasteiger charge is -2.33. The van der Waals surface area contributed by atoms with Gasteiger partial charge in [-0.3, -0.25) is 9.59 Å². The Kier molecular flexibility index (Phi) is 12.6. The van der Waals surface area contributed by atoms with E-state index in [4.69, 9.17) is 5.11 Å². The van der Waals surface area contributed by atoms with Crippen molar-refractivity contribution in [1.82, 2.24) is 10.2 Å². The number of amides is 2. The summed E-state index contributed by atoms with van der Waals surface area (Å²) in [6.45, 7) is 15.6.